The second-order valence-electron chi connectivity index (χ2n) is 4.70. The lowest BCUT2D eigenvalue weighted by molar-refractivity contribution is 0.411. The lowest BCUT2D eigenvalue weighted by atomic mass is 10.1. The molecule has 0 saturated carbocycles. The van der Waals surface area contributed by atoms with Gasteiger partial charge in [0.1, 0.15) is 11.6 Å². The summed E-state index contributed by atoms with van der Waals surface area (Å²) in [6.45, 7) is 2.04. The van der Waals surface area contributed by atoms with Crippen LogP contribution in [0.3, 0.4) is 0 Å². The molecule has 0 saturated heterocycles. The first kappa shape index (κ1) is 12.5. The van der Waals surface area contributed by atoms with Gasteiger partial charge in [-0.1, -0.05) is 24.3 Å². The van der Waals surface area contributed by atoms with Crippen LogP contribution in [0.15, 0.2) is 42.5 Å². The molecule has 1 heterocycles. The molecule has 1 aromatic heterocycles. The maximum atomic E-state index is 5.26. The minimum absolute atomic E-state index is 0.861. The van der Waals surface area contributed by atoms with Crippen LogP contribution in [-0.4, -0.2) is 17.1 Å². The van der Waals surface area contributed by atoms with E-state index in [0.717, 1.165) is 33.7 Å². The van der Waals surface area contributed by atoms with Gasteiger partial charge in [0.05, 0.1) is 18.1 Å². The fourth-order valence-corrected chi connectivity index (χ4v) is 2.23. The summed E-state index contributed by atoms with van der Waals surface area (Å²) < 4.78 is 5.26. The molecule has 1 N–H and O–H groups in total. The first-order valence-corrected chi connectivity index (χ1v) is 6.54. The van der Waals surface area contributed by atoms with E-state index in [0.29, 0.717) is 0 Å². The van der Waals surface area contributed by atoms with Gasteiger partial charge in [0, 0.05) is 0 Å². The number of methoxy groups -OCH3 is 1. The zero-order valence-electron chi connectivity index (χ0n) is 11.6. The minimum atomic E-state index is 0.861. The summed E-state index contributed by atoms with van der Waals surface area (Å²) in [5, 5.41) is 0. The van der Waals surface area contributed by atoms with Gasteiger partial charge in [-0.15, -0.1) is 0 Å². The maximum Gasteiger partial charge on any atom is 0.131 e. The van der Waals surface area contributed by atoms with Gasteiger partial charge in [0.25, 0.3) is 0 Å². The van der Waals surface area contributed by atoms with Crippen LogP contribution >= 0.6 is 0 Å². The topological polar surface area (TPSA) is 37.9 Å². The molecule has 0 aliphatic carbocycles. The molecule has 0 aliphatic heterocycles. The minimum Gasteiger partial charge on any atom is -0.496 e. The van der Waals surface area contributed by atoms with Crippen LogP contribution in [0.2, 0.25) is 0 Å². The van der Waals surface area contributed by atoms with E-state index in [-0.39, 0.29) is 0 Å². The molecule has 0 fully saturated rings. The van der Waals surface area contributed by atoms with Gasteiger partial charge >= 0.3 is 0 Å². The van der Waals surface area contributed by atoms with Crippen LogP contribution in [0.25, 0.3) is 23.2 Å². The third kappa shape index (κ3) is 2.43. The van der Waals surface area contributed by atoms with Crippen LogP contribution in [0.5, 0.6) is 5.75 Å². The Kier molecular flexibility index (Phi) is 3.25. The van der Waals surface area contributed by atoms with Gasteiger partial charge in [0.15, 0.2) is 0 Å². The first-order valence-electron chi connectivity index (χ1n) is 6.54. The van der Waals surface area contributed by atoms with Crippen LogP contribution < -0.4 is 4.74 Å². The number of para-hydroxylation sites is 2. The second-order valence-corrected chi connectivity index (χ2v) is 4.70. The van der Waals surface area contributed by atoms with Gasteiger partial charge in [-0.3, -0.25) is 0 Å². The van der Waals surface area contributed by atoms with Crippen molar-refractivity contribution in [1.29, 1.82) is 0 Å². The standard InChI is InChI=1S/C17H16N2O/c1-12-11-13(7-9-16(12)20-2)8-10-17-18-14-5-3-4-6-15(14)19-17/h3-11H,1-2H3,(H,18,19)/b10-8+. The number of aromatic amines is 1. The predicted octanol–water partition coefficient (Wildman–Crippen LogP) is 4.05. The number of nitrogens with zero attached hydrogens (tertiary/aromatic N) is 1. The Hall–Kier alpha value is -2.55. The third-order valence-corrected chi connectivity index (χ3v) is 3.26. The van der Waals surface area contributed by atoms with Crippen molar-refractivity contribution in [3.05, 3.63) is 59.4 Å². The van der Waals surface area contributed by atoms with Crippen molar-refractivity contribution in [2.45, 2.75) is 6.92 Å². The van der Waals surface area contributed by atoms with E-state index in [4.69, 9.17) is 4.74 Å². The summed E-state index contributed by atoms with van der Waals surface area (Å²) in [5.74, 6) is 1.77. The van der Waals surface area contributed by atoms with Crippen molar-refractivity contribution >= 4 is 23.2 Å². The zero-order valence-corrected chi connectivity index (χ0v) is 11.6. The number of ether oxygens (including phenoxy) is 1. The lowest BCUT2D eigenvalue weighted by Crippen LogP contribution is -1.87. The molecule has 0 unspecified atom stereocenters. The third-order valence-electron chi connectivity index (χ3n) is 3.26. The number of aromatic nitrogens is 2. The Bertz CT molecular complexity index is 739. The summed E-state index contributed by atoms with van der Waals surface area (Å²) in [5.41, 5.74) is 4.29. The lowest BCUT2D eigenvalue weighted by Gasteiger charge is -2.04. The Morgan fingerprint density at radius 2 is 1.95 bits per heavy atom. The number of fused-ring (bicyclic) bond motifs is 1. The van der Waals surface area contributed by atoms with Gasteiger partial charge in [-0.2, -0.15) is 0 Å². The Balaban J connectivity index is 1.88. The van der Waals surface area contributed by atoms with Crippen molar-refractivity contribution < 1.29 is 4.74 Å². The number of rotatable bonds is 3. The van der Waals surface area contributed by atoms with E-state index >= 15 is 0 Å². The average Bonchev–Trinajstić information content (AvgIpc) is 2.88. The molecule has 0 spiro atoms. The van der Waals surface area contributed by atoms with Crippen molar-refractivity contribution in [2.75, 3.05) is 7.11 Å². The highest BCUT2D eigenvalue weighted by Crippen LogP contribution is 2.20. The van der Waals surface area contributed by atoms with Crippen LogP contribution in [0.1, 0.15) is 17.0 Å². The van der Waals surface area contributed by atoms with Gasteiger partial charge in [-0.25, -0.2) is 4.98 Å². The summed E-state index contributed by atoms with van der Waals surface area (Å²) in [4.78, 5) is 7.80. The number of benzene rings is 2. The van der Waals surface area contributed by atoms with Crippen LogP contribution in [0, 0.1) is 6.92 Å². The molecule has 3 heteroatoms. The Morgan fingerprint density at radius 1 is 1.10 bits per heavy atom. The summed E-state index contributed by atoms with van der Waals surface area (Å²) in [6.07, 6.45) is 4.03. The summed E-state index contributed by atoms with van der Waals surface area (Å²) in [6, 6.07) is 14.1. The number of nitrogens with one attached hydrogen (secondary N) is 1. The Morgan fingerprint density at radius 3 is 2.70 bits per heavy atom. The highest BCUT2D eigenvalue weighted by Gasteiger charge is 2.00. The summed E-state index contributed by atoms with van der Waals surface area (Å²) >= 11 is 0. The van der Waals surface area contributed by atoms with Crippen molar-refractivity contribution in [3.8, 4) is 5.75 Å². The van der Waals surface area contributed by atoms with Gasteiger partial charge in [0.2, 0.25) is 0 Å². The first-order chi connectivity index (χ1) is 9.76. The van der Waals surface area contributed by atoms with Crippen molar-refractivity contribution in [3.63, 3.8) is 0 Å². The molecule has 3 aromatic rings. The highest BCUT2D eigenvalue weighted by molar-refractivity contribution is 5.78. The smallest absolute Gasteiger partial charge is 0.131 e. The second kappa shape index (κ2) is 5.21. The Labute approximate surface area is 117 Å². The fraction of sp³-hybridized carbons (Fsp3) is 0.118. The fourth-order valence-electron chi connectivity index (χ4n) is 2.23. The largest absolute Gasteiger partial charge is 0.496 e. The molecule has 100 valence electrons. The van der Waals surface area contributed by atoms with Crippen LogP contribution in [-0.2, 0) is 0 Å². The van der Waals surface area contributed by atoms with Gasteiger partial charge < -0.3 is 9.72 Å². The molecule has 0 aliphatic rings. The van der Waals surface area contributed by atoms with E-state index in [1.807, 2.05) is 55.5 Å². The van der Waals surface area contributed by atoms with Crippen molar-refractivity contribution in [2.24, 2.45) is 0 Å². The number of H-pyrrole nitrogens is 1. The molecule has 20 heavy (non-hydrogen) atoms. The SMILES string of the molecule is COc1ccc(/C=C/c2nc3ccccc3[nH]2)cc1C. The maximum absolute atomic E-state index is 5.26. The van der Waals surface area contributed by atoms with E-state index in [1.165, 1.54) is 0 Å². The number of imidazole rings is 1. The quantitative estimate of drug-likeness (QED) is 0.775. The average molecular weight is 264 g/mol. The molecule has 3 rings (SSSR count). The number of hydrogen-bond donors (Lipinski definition) is 1. The molecule has 3 nitrogen and oxygen atoms in total. The molecule has 0 radical (unpaired) electrons. The zero-order chi connectivity index (χ0) is 13.9. The molecule has 0 atom stereocenters. The summed E-state index contributed by atoms with van der Waals surface area (Å²) in [7, 11) is 1.69. The highest BCUT2D eigenvalue weighted by atomic mass is 16.5. The monoisotopic (exact) mass is 264 g/mol. The predicted molar refractivity (Wildman–Crippen MR) is 82.8 cm³/mol. The molecular weight excluding hydrogens is 248 g/mol. The number of aryl methyl sites for hydroxylation is 1. The molecular formula is C17H16N2O. The van der Waals surface area contributed by atoms with Crippen molar-refractivity contribution in [1.82, 2.24) is 9.97 Å². The van der Waals surface area contributed by atoms with E-state index < -0.39 is 0 Å². The molecule has 0 bridgehead atoms. The van der Waals surface area contributed by atoms with E-state index in [9.17, 15) is 0 Å². The van der Waals surface area contributed by atoms with Crippen LogP contribution in [0.4, 0.5) is 0 Å². The van der Waals surface area contributed by atoms with E-state index in [2.05, 4.69) is 16.0 Å². The molecule has 2 aromatic carbocycles. The molecule has 0 amide bonds. The van der Waals surface area contributed by atoms with E-state index in [1.54, 1.807) is 7.11 Å². The van der Waals surface area contributed by atoms with Gasteiger partial charge in [-0.05, 0) is 48.4 Å². The normalized spacial score (nSPS) is 11.3. The number of hydrogen-bond acceptors (Lipinski definition) is 2.